The van der Waals surface area contributed by atoms with Crippen LogP contribution in [0.3, 0.4) is 0 Å². The molecule has 1 aromatic carbocycles. The molecule has 2 atom stereocenters. The van der Waals surface area contributed by atoms with E-state index in [1.54, 1.807) is 0 Å². The van der Waals surface area contributed by atoms with Crippen molar-refractivity contribution in [1.82, 2.24) is 4.90 Å². The molecule has 3 heteroatoms. The molecule has 0 bridgehead atoms. The Kier molecular flexibility index (Phi) is 5.92. The van der Waals surface area contributed by atoms with Crippen LogP contribution in [0.2, 0.25) is 0 Å². The maximum absolute atomic E-state index is 5.90. The van der Waals surface area contributed by atoms with Crippen molar-refractivity contribution in [1.29, 1.82) is 0 Å². The molecule has 1 saturated heterocycles. The van der Waals surface area contributed by atoms with Gasteiger partial charge in [0.2, 0.25) is 0 Å². The normalized spacial score (nSPS) is 20.0. The lowest BCUT2D eigenvalue weighted by molar-refractivity contribution is 0.208. The molecule has 1 fully saturated rings. The molecule has 1 heterocycles. The van der Waals surface area contributed by atoms with Crippen molar-refractivity contribution in [3.05, 3.63) is 24.3 Å². The van der Waals surface area contributed by atoms with Crippen LogP contribution >= 0.6 is 0 Å². The molecule has 0 amide bonds. The monoisotopic (exact) mass is 290 g/mol. The second kappa shape index (κ2) is 7.69. The Hall–Kier alpha value is -1.22. The molecule has 0 radical (unpaired) electrons. The van der Waals surface area contributed by atoms with Crippen LogP contribution in [-0.4, -0.2) is 37.2 Å². The zero-order valence-electron chi connectivity index (χ0n) is 13.9. The molecule has 21 heavy (non-hydrogen) atoms. The van der Waals surface area contributed by atoms with Crippen LogP contribution in [0.5, 0.6) is 5.75 Å². The zero-order valence-corrected chi connectivity index (χ0v) is 13.9. The molecule has 2 rings (SSSR count). The molecular formula is C18H30N2O. The minimum atomic E-state index is 0.270. The highest BCUT2D eigenvalue weighted by atomic mass is 16.5. The number of likely N-dealkylation sites (tertiary alicyclic amines) is 1. The Morgan fingerprint density at radius 3 is 2.67 bits per heavy atom. The molecule has 3 nitrogen and oxygen atoms in total. The van der Waals surface area contributed by atoms with Gasteiger partial charge in [-0.15, -0.1) is 0 Å². The number of ether oxygens (including phenoxy) is 1. The highest BCUT2D eigenvalue weighted by Gasteiger charge is 2.22. The van der Waals surface area contributed by atoms with Crippen LogP contribution in [0.4, 0.5) is 5.69 Å². The summed E-state index contributed by atoms with van der Waals surface area (Å²) in [5, 5.41) is 3.66. The second-order valence-electron chi connectivity index (χ2n) is 6.44. The van der Waals surface area contributed by atoms with Gasteiger partial charge in [-0.05, 0) is 71.3 Å². The van der Waals surface area contributed by atoms with Crippen molar-refractivity contribution in [2.75, 3.05) is 25.5 Å². The number of benzene rings is 1. The van der Waals surface area contributed by atoms with Crippen LogP contribution in [-0.2, 0) is 0 Å². The fourth-order valence-electron chi connectivity index (χ4n) is 2.88. The molecule has 0 saturated carbocycles. The molecule has 1 N–H and O–H groups in total. The molecule has 0 aromatic heterocycles. The topological polar surface area (TPSA) is 24.5 Å². The maximum atomic E-state index is 5.90. The number of hydrogen-bond donors (Lipinski definition) is 1. The summed E-state index contributed by atoms with van der Waals surface area (Å²) in [6, 6.07) is 8.88. The van der Waals surface area contributed by atoms with E-state index < -0.39 is 0 Å². The van der Waals surface area contributed by atoms with E-state index in [-0.39, 0.29) is 6.10 Å². The third-order valence-electron chi connectivity index (χ3n) is 4.61. The van der Waals surface area contributed by atoms with E-state index in [1.807, 2.05) is 6.07 Å². The van der Waals surface area contributed by atoms with E-state index in [4.69, 9.17) is 4.74 Å². The fourth-order valence-corrected chi connectivity index (χ4v) is 2.88. The number of hydrogen-bond acceptors (Lipinski definition) is 3. The summed E-state index contributed by atoms with van der Waals surface area (Å²) in [5.41, 5.74) is 1.17. The predicted molar refractivity (Wildman–Crippen MR) is 90.1 cm³/mol. The highest BCUT2D eigenvalue weighted by Crippen LogP contribution is 2.25. The third kappa shape index (κ3) is 4.92. The molecule has 1 aliphatic rings. The Labute approximate surface area is 129 Å². The third-order valence-corrected chi connectivity index (χ3v) is 4.61. The standard InChI is InChI=1S/C18H30N2O/c1-5-14(2)21-18-8-6-7-17(13-18)19-15(3)16-9-11-20(4)12-10-16/h6-8,13-16,19H,5,9-12H2,1-4H3. The van der Waals surface area contributed by atoms with Gasteiger partial charge < -0.3 is 15.0 Å². The van der Waals surface area contributed by atoms with Crippen LogP contribution in [0.25, 0.3) is 0 Å². The first-order valence-electron chi connectivity index (χ1n) is 8.30. The van der Waals surface area contributed by atoms with Gasteiger partial charge in [-0.3, -0.25) is 0 Å². The van der Waals surface area contributed by atoms with Crippen molar-refractivity contribution < 1.29 is 4.74 Å². The molecule has 0 spiro atoms. The first-order valence-corrected chi connectivity index (χ1v) is 8.30. The van der Waals surface area contributed by atoms with E-state index in [2.05, 4.69) is 56.2 Å². The van der Waals surface area contributed by atoms with E-state index in [1.165, 1.54) is 31.6 Å². The lowest BCUT2D eigenvalue weighted by Crippen LogP contribution is -2.37. The molecule has 0 aliphatic carbocycles. The quantitative estimate of drug-likeness (QED) is 0.857. The van der Waals surface area contributed by atoms with Crippen LogP contribution in [0.1, 0.15) is 40.0 Å². The minimum Gasteiger partial charge on any atom is -0.491 e. The summed E-state index contributed by atoms with van der Waals surface area (Å²) in [5.74, 6) is 1.73. The van der Waals surface area contributed by atoms with Crippen molar-refractivity contribution in [3.8, 4) is 5.75 Å². The van der Waals surface area contributed by atoms with Crippen LogP contribution < -0.4 is 10.1 Å². The van der Waals surface area contributed by atoms with Crippen molar-refractivity contribution in [2.45, 2.75) is 52.2 Å². The molecule has 118 valence electrons. The number of piperidine rings is 1. The van der Waals surface area contributed by atoms with Crippen molar-refractivity contribution in [3.63, 3.8) is 0 Å². The largest absolute Gasteiger partial charge is 0.491 e. The summed E-state index contributed by atoms with van der Waals surface area (Å²) >= 11 is 0. The summed E-state index contributed by atoms with van der Waals surface area (Å²) in [4.78, 5) is 2.42. The van der Waals surface area contributed by atoms with Gasteiger partial charge in [0.15, 0.2) is 0 Å². The van der Waals surface area contributed by atoms with Gasteiger partial charge in [0.1, 0.15) is 5.75 Å². The predicted octanol–water partition coefficient (Wildman–Crippen LogP) is 4.01. The average molecular weight is 290 g/mol. The van der Waals surface area contributed by atoms with Gasteiger partial charge in [-0.1, -0.05) is 13.0 Å². The molecular weight excluding hydrogens is 260 g/mol. The van der Waals surface area contributed by atoms with Gasteiger partial charge in [-0.25, -0.2) is 0 Å². The SMILES string of the molecule is CCC(C)Oc1cccc(NC(C)C2CCN(C)CC2)c1. The minimum absolute atomic E-state index is 0.270. The molecule has 2 unspecified atom stereocenters. The van der Waals surface area contributed by atoms with Gasteiger partial charge in [0.25, 0.3) is 0 Å². The summed E-state index contributed by atoms with van der Waals surface area (Å²) in [6.07, 6.45) is 3.87. The molecule has 1 aromatic rings. The van der Waals surface area contributed by atoms with E-state index in [0.29, 0.717) is 6.04 Å². The van der Waals surface area contributed by atoms with Crippen molar-refractivity contribution >= 4 is 5.69 Å². The Morgan fingerprint density at radius 1 is 1.29 bits per heavy atom. The first kappa shape index (κ1) is 16.2. The second-order valence-corrected chi connectivity index (χ2v) is 6.44. The highest BCUT2D eigenvalue weighted by molar-refractivity contribution is 5.48. The molecule has 1 aliphatic heterocycles. The van der Waals surface area contributed by atoms with Crippen molar-refractivity contribution in [2.24, 2.45) is 5.92 Å². The summed E-state index contributed by atoms with van der Waals surface area (Å²) < 4.78 is 5.90. The van der Waals surface area contributed by atoms with E-state index in [0.717, 1.165) is 18.1 Å². The average Bonchev–Trinajstić information content (AvgIpc) is 2.48. The van der Waals surface area contributed by atoms with Gasteiger partial charge in [-0.2, -0.15) is 0 Å². The van der Waals surface area contributed by atoms with E-state index >= 15 is 0 Å². The smallest absolute Gasteiger partial charge is 0.121 e. The van der Waals surface area contributed by atoms with Gasteiger partial charge in [0, 0.05) is 17.8 Å². The fraction of sp³-hybridized carbons (Fsp3) is 0.667. The summed E-state index contributed by atoms with van der Waals surface area (Å²) in [7, 11) is 2.21. The number of rotatable bonds is 6. The lowest BCUT2D eigenvalue weighted by atomic mass is 9.90. The Morgan fingerprint density at radius 2 is 2.00 bits per heavy atom. The van der Waals surface area contributed by atoms with Gasteiger partial charge >= 0.3 is 0 Å². The number of anilines is 1. The zero-order chi connectivity index (χ0) is 15.2. The number of nitrogens with one attached hydrogen (secondary N) is 1. The Balaban J connectivity index is 1.91. The van der Waals surface area contributed by atoms with Crippen LogP contribution in [0.15, 0.2) is 24.3 Å². The van der Waals surface area contributed by atoms with Crippen LogP contribution in [0, 0.1) is 5.92 Å². The number of nitrogens with zero attached hydrogens (tertiary/aromatic N) is 1. The van der Waals surface area contributed by atoms with Gasteiger partial charge in [0.05, 0.1) is 6.10 Å². The lowest BCUT2D eigenvalue weighted by Gasteiger charge is -2.33. The van der Waals surface area contributed by atoms with E-state index in [9.17, 15) is 0 Å². The maximum Gasteiger partial charge on any atom is 0.121 e. The summed E-state index contributed by atoms with van der Waals surface area (Å²) in [6.45, 7) is 9.00. The Bertz CT molecular complexity index is 427. The first-order chi connectivity index (χ1) is 10.1.